The van der Waals surface area contributed by atoms with Crippen LogP contribution in [0.3, 0.4) is 0 Å². The Hall–Kier alpha value is -2.21. The minimum atomic E-state index is 0.0306. The fourth-order valence-electron chi connectivity index (χ4n) is 4.43. The molecule has 1 aromatic carbocycles. The second kappa shape index (κ2) is 8.21. The van der Waals surface area contributed by atoms with Crippen LogP contribution in [0.25, 0.3) is 0 Å². The van der Waals surface area contributed by atoms with Crippen molar-refractivity contribution in [3.63, 3.8) is 0 Å². The SMILES string of the molecule is Cc1nc(C2CN(C(=O)C3CCCC3)CCCN2Cc2ccccc2)n[nH]1. The maximum Gasteiger partial charge on any atom is 0.225 e. The highest BCUT2D eigenvalue weighted by Crippen LogP contribution is 2.30. The summed E-state index contributed by atoms with van der Waals surface area (Å²) in [5.74, 6) is 2.18. The average molecular weight is 367 g/mol. The number of hydrogen-bond donors (Lipinski definition) is 1. The normalized spacial score (nSPS) is 22.1. The van der Waals surface area contributed by atoms with E-state index in [1.807, 2.05) is 13.0 Å². The van der Waals surface area contributed by atoms with Crippen molar-refractivity contribution in [2.75, 3.05) is 19.6 Å². The molecule has 4 rings (SSSR count). The maximum absolute atomic E-state index is 13.1. The topological polar surface area (TPSA) is 65.1 Å². The molecule has 6 nitrogen and oxygen atoms in total. The number of nitrogens with one attached hydrogen (secondary N) is 1. The summed E-state index contributed by atoms with van der Waals surface area (Å²) in [4.78, 5) is 22.2. The van der Waals surface area contributed by atoms with Gasteiger partial charge in [0.1, 0.15) is 5.82 Å². The van der Waals surface area contributed by atoms with E-state index in [1.54, 1.807) is 0 Å². The lowest BCUT2D eigenvalue weighted by atomic mass is 10.1. The first-order valence-corrected chi connectivity index (χ1v) is 10.2. The molecule has 0 radical (unpaired) electrons. The number of carbonyl (C=O) groups is 1. The number of H-pyrrole nitrogens is 1. The van der Waals surface area contributed by atoms with Gasteiger partial charge in [0, 0.05) is 32.1 Å². The van der Waals surface area contributed by atoms with Crippen molar-refractivity contribution in [1.29, 1.82) is 0 Å². The Labute approximate surface area is 161 Å². The first-order chi connectivity index (χ1) is 13.2. The summed E-state index contributed by atoms with van der Waals surface area (Å²) in [6, 6.07) is 10.6. The van der Waals surface area contributed by atoms with Gasteiger partial charge in [0.25, 0.3) is 0 Å². The van der Waals surface area contributed by atoms with Crippen LogP contribution in [0.5, 0.6) is 0 Å². The zero-order chi connectivity index (χ0) is 18.6. The molecule has 0 bridgehead atoms. The zero-order valence-corrected chi connectivity index (χ0v) is 16.1. The van der Waals surface area contributed by atoms with Crippen molar-refractivity contribution in [3.8, 4) is 0 Å². The Balaban J connectivity index is 1.56. The van der Waals surface area contributed by atoms with E-state index in [4.69, 9.17) is 0 Å². The van der Waals surface area contributed by atoms with Crippen molar-refractivity contribution >= 4 is 5.91 Å². The zero-order valence-electron chi connectivity index (χ0n) is 16.1. The molecule has 144 valence electrons. The van der Waals surface area contributed by atoms with Crippen LogP contribution in [0, 0.1) is 12.8 Å². The fraction of sp³-hybridized carbons (Fsp3) is 0.571. The van der Waals surface area contributed by atoms with Crippen LogP contribution in [0.1, 0.15) is 55.4 Å². The van der Waals surface area contributed by atoms with Crippen molar-refractivity contribution in [2.45, 2.75) is 51.6 Å². The summed E-state index contributed by atoms with van der Waals surface area (Å²) >= 11 is 0. The van der Waals surface area contributed by atoms with Crippen LogP contribution in [0.2, 0.25) is 0 Å². The standard InChI is InChI=1S/C21H29N5O/c1-16-22-20(24-23-16)19-15-26(21(27)18-10-5-6-11-18)13-7-12-25(19)14-17-8-3-2-4-9-17/h2-4,8-9,18-19H,5-7,10-15H2,1H3,(H,22,23,24). The molecule has 1 saturated heterocycles. The van der Waals surface area contributed by atoms with Gasteiger partial charge in [-0.15, -0.1) is 0 Å². The smallest absolute Gasteiger partial charge is 0.225 e. The summed E-state index contributed by atoms with van der Waals surface area (Å²) in [6.07, 6.45) is 5.47. The van der Waals surface area contributed by atoms with Gasteiger partial charge in [0.2, 0.25) is 5.91 Å². The van der Waals surface area contributed by atoms with Crippen molar-refractivity contribution in [3.05, 3.63) is 47.5 Å². The monoisotopic (exact) mass is 367 g/mol. The van der Waals surface area contributed by atoms with Gasteiger partial charge in [-0.25, -0.2) is 4.98 Å². The molecule has 1 aliphatic carbocycles. The number of benzene rings is 1. The largest absolute Gasteiger partial charge is 0.340 e. The van der Waals surface area contributed by atoms with E-state index in [-0.39, 0.29) is 12.0 Å². The van der Waals surface area contributed by atoms with Gasteiger partial charge in [-0.05, 0) is 31.7 Å². The van der Waals surface area contributed by atoms with Gasteiger partial charge in [-0.1, -0.05) is 43.2 Å². The van der Waals surface area contributed by atoms with Gasteiger partial charge in [-0.2, -0.15) is 5.10 Å². The van der Waals surface area contributed by atoms with E-state index >= 15 is 0 Å². The second-order valence-corrected chi connectivity index (χ2v) is 7.87. The maximum atomic E-state index is 13.1. The molecule has 6 heteroatoms. The number of aromatic amines is 1. The number of aromatic nitrogens is 3. The molecule has 1 aromatic heterocycles. The third-order valence-corrected chi connectivity index (χ3v) is 5.86. The highest BCUT2D eigenvalue weighted by Gasteiger charge is 2.34. The van der Waals surface area contributed by atoms with E-state index in [1.165, 1.54) is 18.4 Å². The minimum Gasteiger partial charge on any atom is -0.340 e. The quantitative estimate of drug-likeness (QED) is 0.902. The molecule has 1 atom stereocenters. The van der Waals surface area contributed by atoms with Gasteiger partial charge < -0.3 is 4.90 Å². The van der Waals surface area contributed by atoms with Crippen LogP contribution in [0.15, 0.2) is 30.3 Å². The molecule has 1 aliphatic heterocycles. The Morgan fingerprint density at radius 2 is 1.93 bits per heavy atom. The third-order valence-electron chi connectivity index (χ3n) is 5.86. The highest BCUT2D eigenvalue weighted by molar-refractivity contribution is 5.79. The van der Waals surface area contributed by atoms with E-state index < -0.39 is 0 Å². The first-order valence-electron chi connectivity index (χ1n) is 10.2. The summed E-state index contributed by atoms with van der Waals surface area (Å²) in [7, 11) is 0. The molecule has 27 heavy (non-hydrogen) atoms. The Morgan fingerprint density at radius 1 is 1.15 bits per heavy atom. The van der Waals surface area contributed by atoms with E-state index in [9.17, 15) is 4.79 Å². The Kier molecular flexibility index (Phi) is 5.53. The second-order valence-electron chi connectivity index (χ2n) is 7.87. The van der Waals surface area contributed by atoms with Crippen molar-refractivity contribution in [2.24, 2.45) is 5.92 Å². The molecule has 0 spiro atoms. The molecule has 1 unspecified atom stereocenters. The first kappa shape index (κ1) is 18.2. The molecule has 2 aromatic rings. The Bertz CT molecular complexity index is 753. The molecule has 2 heterocycles. The molecule has 1 saturated carbocycles. The van der Waals surface area contributed by atoms with Gasteiger partial charge in [0.15, 0.2) is 5.82 Å². The molecular weight excluding hydrogens is 338 g/mol. The van der Waals surface area contributed by atoms with E-state index in [2.05, 4.69) is 49.2 Å². The summed E-state index contributed by atoms with van der Waals surface area (Å²) in [6.45, 7) is 5.24. The molecule has 2 aliphatic rings. The lowest BCUT2D eigenvalue weighted by Crippen LogP contribution is -2.40. The van der Waals surface area contributed by atoms with Crippen LogP contribution in [0.4, 0.5) is 0 Å². The predicted octanol–water partition coefficient (Wildman–Crippen LogP) is 3.08. The minimum absolute atomic E-state index is 0.0306. The van der Waals surface area contributed by atoms with Crippen LogP contribution < -0.4 is 0 Å². The molecule has 1 N–H and O–H groups in total. The number of carbonyl (C=O) groups excluding carboxylic acids is 1. The molecule has 2 fully saturated rings. The van der Waals surface area contributed by atoms with Crippen molar-refractivity contribution in [1.82, 2.24) is 25.0 Å². The number of rotatable bonds is 4. The highest BCUT2D eigenvalue weighted by atomic mass is 16.2. The third kappa shape index (κ3) is 4.21. The molecule has 1 amide bonds. The number of aryl methyl sites for hydroxylation is 1. The Morgan fingerprint density at radius 3 is 2.63 bits per heavy atom. The summed E-state index contributed by atoms with van der Waals surface area (Å²) < 4.78 is 0. The fourth-order valence-corrected chi connectivity index (χ4v) is 4.43. The van der Waals surface area contributed by atoms with Crippen LogP contribution in [-0.2, 0) is 11.3 Å². The molecular formula is C21H29N5O. The van der Waals surface area contributed by atoms with E-state index in [0.717, 1.165) is 50.5 Å². The average Bonchev–Trinajstić information content (AvgIpc) is 3.32. The summed E-state index contributed by atoms with van der Waals surface area (Å²) in [5, 5.41) is 7.43. The lowest BCUT2D eigenvalue weighted by molar-refractivity contribution is -0.135. The van der Waals surface area contributed by atoms with E-state index in [0.29, 0.717) is 12.5 Å². The van der Waals surface area contributed by atoms with Crippen LogP contribution >= 0.6 is 0 Å². The van der Waals surface area contributed by atoms with Crippen molar-refractivity contribution < 1.29 is 4.79 Å². The lowest BCUT2D eigenvalue weighted by Gasteiger charge is -2.31. The van der Waals surface area contributed by atoms with Gasteiger partial charge >= 0.3 is 0 Å². The number of nitrogens with zero attached hydrogens (tertiary/aromatic N) is 4. The van der Waals surface area contributed by atoms with Gasteiger partial charge in [-0.3, -0.25) is 14.8 Å². The van der Waals surface area contributed by atoms with Gasteiger partial charge in [0.05, 0.1) is 6.04 Å². The number of amides is 1. The summed E-state index contributed by atoms with van der Waals surface area (Å²) in [5.41, 5.74) is 1.28. The number of hydrogen-bond acceptors (Lipinski definition) is 4. The predicted molar refractivity (Wildman–Crippen MR) is 104 cm³/mol. The van der Waals surface area contributed by atoms with Crippen LogP contribution in [-0.4, -0.2) is 50.5 Å².